The van der Waals surface area contributed by atoms with E-state index < -0.39 is 24.2 Å². The van der Waals surface area contributed by atoms with Gasteiger partial charge in [-0.2, -0.15) is 0 Å². The van der Waals surface area contributed by atoms with Gasteiger partial charge in [0, 0.05) is 12.3 Å². The largest absolute Gasteiger partial charge is 0.489 e. The Morgan fingerprint density at radius 3 is 2.78 bits per heavy atom. The standard InChI is InChI=1S/C12H11F2NO3/c13-9-2-1-3-11(5-9)18-7-8(12(16)17)4-10(14)6-15/h1-6H,7,15H2,(H,16,17)/b8-4+,10-6+. The van der Waals surface area contributed by atoms with Crippen LogP contribution in [0.25, 0.3) is 0 Å². The van der Waals surface area contributed by atoms with Gasteiger partial charge in [-0.05, 0) is 18.2 Å². The molecule has 4 nitrogen and oxygen atoms in total. The summed E-state index contributed by atoms with van der Waals surface area (Å²) in [5.74, 6) is -2.60. The van der Waals surface area contributed by atoms with Crippen molar-refractivity contribution >= 4 is 5.97 Å². The number of allylic oxidation sites excluding steroid dienone is 2. The highest BCUT2D eigenvalue weighted by Crippen LogP contribution is 2.13. The van der Waals surface area contributed by atoms with Crippen molar-refractivity contribution in [3.05, 3.63) is 53.8 Å². The molecule has 0 aliphatic carbocycles. The van der Waals surface area contributed by atoms with Crippen LogP contribution in [0.5, 0.6) is 5.75 Å². The summed E-state index contributed by atoms with van der Waals surface area (Å²) < 4.78 is 30.7. The molecule has 18 heavy (non-hydrogen) atoms. The summed E-state index contributed by atoms with van der Waals surface area (Å²) in [7, 11) is 0. The molecule has 0 aliphatic rings. The highest BCUT2D eigenvalue weighted by molar-refractivity contribution is 5.87. The van der Waals surface area contributed by atoms with E-state index in [4.69, 9.17) is 15.6 Å². The van der Waals surface area contributed by atoms with E-state index in [1.165, 1.54) is 18.2 Å². The molecule has 0 saturated carbocycles. The summed E-state index contributed by atoms with van der Waals surface area (Å²) in [6, 6.07) is 5.18. The van der Waals surface area contributed by atoms with Crippen LogP contribution in [0.2, 0.25) is 0 Å². The van der Waals surface area contributed by atoms with Crippen molar-refractivity contribution in [2.45, 2.75) is 0 Å². The Balaban J connectivity index is 2.75. The van der Waals surface area contributed by atoms with Gasteiger partial charge in [0.25, 0.3) is 0 Å². The Bertz CT molecular complexity index is 498. The second kappa shape index (κ2) is 6.39. The first kappa shape index (κ1) is 13.7. The molecule has 0 fully saturated rings. The van der Waals surface area contributed by atoms with Crippen molar-refractivity contribution in [2.24, 2.45) is 5.73 Å². The molecule has 0 heterocycles. The molecule has 0 amide bonds. The van der Waals surface area contributed by atoms with Gasteiger partial charge in [-0.1, -0.05) is 6.07 Å². The van der Waals surface area contributed by atoms with Gasteiger partial charge in [-0.3, -0.25) is 0 Å². The fourth-order valence-electron chi connectivity index (χ4n) is 1.10. The fraction of sp³-hybridized carbons (Fsp3) is 0.0833. The van der Waals surface area contributed by atoms with Crippen LogP contribution >= 0.6 is 0 Å². The minimum Gasteiger partial charge on any atom is -0.489 e. The topological polar surface area (TPSA) is 72.5 Å². The quantitative estimate of drug-likeness (QED) is 0.623. The van der Waals surface area contributed by atoms with E-state index in [2.05, 4.69) is 0 Å². The van der Waals surface area contributed by atoms with Crippen LogP contribution in [-0.4, -0.2) is 17.7 Å². The molecular weight excluding hydrogens is 244 g/mol. The fourth-order valence-corrected chi connectivity index (χ4v) is 1.10. The lowest BCUT2D eigenvalue weighted by atomic mass is 10.2. The predicted octanol–water partition coefficient (Wildman–Crippen LogP) is 1.99. The molecule has 0 bridgehead atoms. The monoisotopic (exact) mass is 255 g/mol. The number of hydrogen-bond acceptors (Lipinski definition) is 3. The van der Waals surface area contributed by atoms with Crippen LogP contribution < -0.4 is 10.5 Å². The van der Waals surface area contributed by atoms with Crippen LogP contribution in [0, 0.1) is 5.82 Å². The molecule has 1 aromatic rings. The number of nitrogens with two attached hydrogens (primary N) is 1. The van der Waals surface area contributed by atoms with Gasteiger partial charge in [0.1, 0.15) is 24.0 Å². The number of carbonyl (C=O) groups is 1. The van der Waals surface area contributed by atoms with Crippen LogP contribution in [0.15, 0.2) is 47.9 Å². The lowest BCUT2D eigenvalue weighted by molar-refractivity contribution is -0.133. The van der Waals surface area contributed by atoms with E-state index in [-0.39, 0.29) is 11.3 Å². The van der Waals surface area contributed by atoms with E-state index in [1.54, 1.807) is 0 Å². The van der Waals surface area contributed by atoms with Crippen molar-refractivity contribution in [1.82, 2.24) is 0 Å². The summed E-state index contributed by atoms with van der Waals surface area (Å²) >= 11 is 0. The van der Waals surface area contributed by atoms with Crippen LogP contribution in [-0.2, 0) is 4.79 Å². The smallest absolute Gasteiger partial charge is 0.335 e. The molecule has 6 heteroatoms. The molecule has 0 aliphatic heterocycles. The Morgan fingerprint density at radius 2 is 2.22 bits per heavy atom. The zero-order valence-corrected chi connectivity index (χ0v) is 9.27. The van der Waals surface area contributed by atoms with Gasteiger partial charge in [0.05, 0.1) is 5.57 Å². The molecule has 0 unspecified atom stereocenters. The Kier molecular flexibility index (Phi) is 4.86. The lowest BCUT2D eigenvalue weighted by Gasteiger charge is -2.06. The predicted molar refractivity (Wildman–Crippen MR) is 61.0 cm³/mol. The first-order valence-electron chi connectivity index (χ1n) is 4.92. The molecule has 0 radical (unpaired) electrons. The van der Waals surface area contributed by atoms with Crippen molar-refractivity contribution in [2.75, 3.05) is 6.61 Å². The first-order chi connectivity index (χ1) is 8.52. The second-order valence-corrected chi connectivity index (χ2v) is 3.27. The van der Waals surface area contributed by atoms with Crippen LogP contribution in [0.4, 0.5) is 8.78 Å². The summed E-state index contributed by atoms with van der Waals surface area (Å²) in [5, 5.41) is 8.79. The maximum absolute atomic E-state index is 12.8. The number of benzene rings is 1. The zero-order valence-electron chi connectivity index (χ0n) is 9.27. The maximum Gasteiger partial charge on any atom is 0.335 e. The summed E-state index contributed by atoms with van der Waals surface area (Å²) in [6.45, 7) is -0.403. The molecule has 1 aromatic carbocycles. The molecule has 1 rings (SSSR count). The average Bonchev–Trinajstić information content (AvgIpc) is 2.33. The molecule has 0 aromatic heterocycles. The number of carboxylic acids is 1. The number of aliphatic carboxylic acids is 1. The zero-order chi connectivity index (χ0) is 13.5. The molecule has 0 saturated heterocycles. The van der Waals surface area contributed by atoms with Gasteiger partial charge < -0.3 is 15.6 Å². The minimum atomic E-state index is -1.34. The number of hydrogen-bond donors (Lipinski definition) is 2. The first-order valence-corrected chi connectivity index (χ1v) is 4.92. The number of carboxylic acid groups (broad SMARTS) is 1. The number of ether oxygens (including phenoxy) is 1. The van der Waals surface area contributed by atoms with Gasteiger partial charge in [0.2, 0.25) is 0 Å². The maximum atomic E-state index is 12.8. The molecular formula is C12H11F2NO3. The van der Waals surface area contributed by atoms with E-state index in [1.807, 2.05) is 0 Å². The highest BCUT2D eigenvalue weighted by atomic mass is 19.1. The van der Waals surface area contributed by atoms with Gasteiger partial charge in [-0.25, -0.2) is 13.6 Å². The van der Waals surface area contributed by atoms with Crippen molar-refractivity contribution in [1.29, 1.82) is 0 Å². The second-order valence-electron chi connectivity index (χ2n) is 3.27. The van der Waals surface area contributed by atoms with Crippen molar-refractivity contribution in [3.63, 3.8) is 0 Å². The molecule has 96 valence electrons. The van der Waals surface area contributed by atoms with E-state index in [0.717, 1.165) is 12.1 Å². The van der Waals surface area contributed by atoms with Crippen LogP contribution in [0.1, 0.15) is 0 Å². The Labute approximate surface area is 102 Å². The number of rotatable bonds is 5. The molecule has 0 atom stereocenters. The summed E-state index contributed by atoms with van der Waals surface area (Å²) in [6.07, 6.45) is 1.37. The third-order valence-electron chi connectivity index (χ3n) is 1.94. The van der Waals surface area contributed by atoms with E-state index >= 15 is 0 Å². The van der Waals surface area contributed by atoms with Gasteiger partial charge in [0.15, 0.2) is 0 Å². The Hall–Kier alpha value is -2.37. The molecule has 0 spiro atoms. The highest BCUT2D eigenvalue weighted by Gasteiger charge is 2.09. The van der Waals surface area contributed by atoms with Crippen molar-refractivity contribution < 1.29 is 23.4 Å². The van der Waals surface area contributed by atoms with E-state index in [0.29, 0.717) is 6.20 Å². The summed E-state index contributed by atoms with van der Waals surface area (Å²) in [5.41, 5.74) is 4.55. The third-order valence-corrected chi connectivity index (χ3v) is 1.94. The van der Waals surface area contributed by atoms with Crippen LogP contribution in [0.3, 0.4) is 0 Å². The minimum absolute atomic E-state index is 0.152. The normalized spacial score (nSPS) is 12.3. The van der Waals surface area contributed by atoms with Gasteiger partial charge in [-0.15, -0.1) is 0 Å². The SMILES string of the molecule is N/C=C(F)\C=C(/COc1cccc(F)c1)C(=O)O. The number of halogens is 2. The molecule has 3 N–H and O–H groups in total. The lowest BCUT2D eigenvalue weighted by Crippen LogP contribution is -2.10. The average molecular weight is 255 g/mol. The van der Waals surface area contributed by atoms with E-state index in [9.17, 15) is 13.6 Å². The third kappa shape index (κ3) is 4.25. The summed E-state index contributed by atoms with van der Waals surface area (Å²) in [4.78, 5) is 10.8. The van der Waals surface area contributed by atoms with Crippen molar-refractivity contribution in [3.8, 4) is 5.75 Å². The van der Waals surface area contributed by atoms with Gasteiger partial charge >= 0.3 is 5.97 Å². The Morgan fingerprint density at radius 1 is 1.50 bits per heavy atom.